The number of nitrogens with zero attached hydrogens (tertiary/aromatic N) is 1. The molecule has 0 radical (unpaired) electrons. The molecule has 0 aromatic rings. The molecule has 0 atom stereocenters. The van der Waals surface area contributed by atoms with E-state index in [0.29, 0.717) is 13.2 Å². The second-order valence-electron chi connectivity index (χ2n) is 4.45. The fraction of sp³-hybridized carbons (Fsp3) is 0.909. The van der Waals surface area contributed by atoms with Crippen LogP contribution in [0.25, 0.3) is 0 Å². The zero-order valence-corrected chi connectivity index (χ0v) is 10.5. The summed E-state index contributed by atoms with van der Waals surface area (Å²) in [5, 5.41) is 0. The van der Waals surface area contributed by atoms with E-state index in [-0.39, 0.29) is 5.97 Å². The number of methoxy groups -OCH3 is 1. The molecule has 0 amide bonds. The van der Waals surface area contributed by atoms with Gasteiger partial charge < -0.3 is 9.47 Å². The molecule has 0 rings (SSSR count). The summed E-state index contributed by atoms with van der Waals surface area (Å²) in [7, 11) is 1.65. The lowest BCUT2D eigenvalue weighted by Crippen LogP contribution is -2.36. The van der Waals surface area contributed by atoms with Crippen LogP contribution in [0.4, 0.5) is 0 Å². The topological polar surface area (TPSA) is 38.8 Å². The van der Waals surface area contributed by atoms with Crippen molar-refractivity contribution in [2.75, 3.05) is 33.4 Å². The van der Waals surface area contributed by atoms with Gasteiger partial charge in [0.25, 0.3) is 0 Å². The summed E-state index contributed by atoms with van der Waals surface area (Å²) >= 11 is 0. The van der Waals surface area contributed by atoms with Crippen LogP contribution in [0.1, 0.15) is 27.7 Å². The van der Waals surface area contributed by atoms with Crippen LogP contribution in [0.5, 0.6) is 0 Å². The molecule has 0 aromatic heterocycles. The molecule has 0 spiro atoms. The number of ether oxygens (including phenoxy) is 2. The van der Waals surface area contributed by atoms with E-state index in [9.17, 15) is 4.79 Å². The molecule has 0 saturated heterocycles. The van der Waals surface area contributed by atoms with Crippen LogP contribution in [0, 0.1) is 0 Å². The molecule has 0 fully saturated rings. The molecule has 15 heavy (non-hydrogen) atoms. The second kappa shape index (κ2) is 6.80. The Hall–Kier alpha value is -0.610. The summed E-state index contributed by atoms with van der Waals surface area (Å²) < 4.78 is 10.2. The Morgan fingerprint density at radius 3 is 2.33 bits per heavy atom. The van der Waals surface area contributed by atoms with Crippen molar-refractivity contribution in [2.45, 2.75) is 33.3 Å². The molecule has 0 N–H and O–H groups in total. The number of hydrogen-bond donors (Lipinski definition) is 0. The zero-order valence-electron chi connectivity index (χ0n) is 10.5. The molecule has 0 unspecified atom stereocenters. The Morgan fingerprint density at radius 1 is 1.33 bits per heavy atom. The molecule has 0 aromatic carbocycles. The zero-order chi connectivity index (χ0) is 11.9. The van der Waals surface area contributed by atoms with Crippen LogP contribution in [0.3, 0.4) is 0 Å². The quantitative estimate of drug-likeness (QED) is 0.629. The lowest BCUT2D eigenvalue weighted by Gasteiger charge is -2.23. The Balaban J connectivity index is 3.91. The Morgan fingerprint density at radius 2 is 1.93 bits per heavy atom. The third-order valence-electron chi connectivity index (χ3n) is 1.83. The Kier molecular flexibility index (Phi) is 6.52. The third-order valence-corrected chi connectivity index (χ3v) is 1.83. The predicted octanol–water partition coefficient (Wildman–Crippen LogP) is 1.30. The van der Waals surface area contributed by atoms with Crippen molar-refractivity contribution < 1.29 is 14.3 Å². The highest BCUT2D eigenvalue weighted by Crippen LogP contribution is 2.07. The van der Waals surface area contributed by atoms with Crippen LogP contribution < -0.4 is 0 Å². The Bertz CT molecular complexity index is 187. The van der Waals surface area contributed by atoms with E-state index >= 15 is 0 Å². The normalized spacial score (nSPS) is 11.9. The van der Waals surface area contributed by atoms with E-state index in [1.165, 1.54) is 0 Å². The first-order valence-electron chi connectivity index (χ1n) is 5.32. The van der Waals surface area contributed by atoms with E-state index in [0.717, 1.165) is 13.1 Å². The number of likely N-dealkylation sites (N-methyl/N-ethyl adjacent to an activating group) is 1. The van der Waals surface area contributed by atoms with Crippen molar-refractivity contribution in [1.29, 1.82) is 0 Å². The van der Waals surface area contributed by atoms with Crippen molar-refractivity contribution in [3.63, 3.8) is 0 Å². The van der Waals surface area contributed by atoms with Gasteiger partial charge in [-0.2, -0.15) is 0 Å². The summed E-state index contributed by atoms with van der Waals surface area (Å²) in [6.45, 7) is 10.2. The second-order valence-corrected chi connectivity index (χ2v) is 4.45. The lowest BCUT2D eigenvalue weighted by atomic mass is 10.2. The van der Waals surface area contributed by atoms with Gasteiger partial charge in [0.2, 0.25) is 0 Å². The van der Waals surface area contributed by atoms with Crippen LogP contribution in [-0.4, -0.2) is 49.8 Å². The molecule has 4 nitrogen and oxygen atoms in total. The molecule has 4 heteroatoms. The van der Waals surface area contributed by atoms with E-state index in [2.05, 4.69) is 0 Å². The van der Waals surface area contributed by atoms with Crippen LogP contribution >= 0.6 is 0 Å². The average molecular weight is 217 g/mol. The maximum absolute atomic E-state index is 11.5. The van der Waals surface area contributed by atoms with Gasteiger partial charge in [0.15, 0.2) is 0 Å². The summed E-state index contributed by atoms with van der Waals surface area (Å²) in [6, 6.07) is 0. The number of esters is 1. The number of carbonyl (C=O) groups excluding carboxylic acids is 1. The third kappa shape index (κ3) is 8.39. The van der Waals surface area contributed by atoms with Crippen LogP contribution in [0.2, 0.25) is 0 Å². The van der Waals surface area contributed by atoms with Crippen molar-refractivity contribution in [3.8, 4) is 0 Å². The molecule has 0 aliphatic heterocycles. The van der Waals surface area contributed by atoms with Gasteiger partial charge in [-0.05, 0) is 27.3 Å². The first-order chi connectivity index (χ1) is 6.89. The van der Waals surface area contributed by atoms with Gasteiger partial charge in [0, 0.05) is 13.7 Å². The van der Waals surface area contributed by atoms with Gasteiger partial charge in [-0.1, -0.05) is 6.92 Å². The minimum atomic E-state index is -0.405. The van der Waals surface area contributed by atoms with Crippen molar-refractivity contribution in [1.82, 2.24) is 4.90 Å². The monoisotopic (exact) mass is 217 g/mol. The van der Waals surface area contributed by atoms with E-state index in [1.807, 2.05) is 32.6 Å². The standard InChI is InChI=1S/C11H23NO3/c1-6-12(7-8-14-5)9-10(13)15-11(2,3)4/h6-9H2,1-5H3. The average Bonchev–Trinajstić information content (AvgIpc) is 2.09. The van der Waals surface area contributed by atoms with Gasteiger partial charge in [0.05, 0.1) is 13.2 Å². The fourth-order valence-corrected chi connectivity index (χ4v) is 1.13. The van der Waals surface area contributed by atoms with E-state index in [4.69, 9.17) is 9.47 Å². The van der Waals surface area contributed by atoms with Crippen LogP contribution in [0.15, 0.2) is 0 Å². The Labute approximate surface area is 92.5 Å². The van der Waals surface area contributed by atoms with Crippen molar-refractivity contribution in [3.05, 3.63) is 0 Å². The summed E-state index contributed by atoms with van der Waals surface area (Å²) in [5.74, 6) is -0.180. The van der Waals surface area contributed by atoms with Gasteiger partial charge in [-0.15, -0.1) is 0 Å². The molecule has 0 heterocycles. The van der Waals surface area contributed by atoms with E-state index in [1.54, 1.807) is 7.11 Å². The summed E-state index contributed by atoms with van der Waals surface area (Å²) in [6.07, 6.45) is 0. The smallest absolute Gasteiger partial charge is 0.320 e. The number of rotatable bonds is 6. The molecule has 0 bridgehead atoms. The largest absolute Gasteiger partial charge is 0.459 e. The minimum absolute atomic E-state index is 0.180. The van der Waals surface area contributed by atoms with Gasteiger partial charge in [-0.3, -0.25) is 9.69 Å². The highest BCUT2D eigenvalue weighted by atomic mass is 16.6. The maximum atomic E-state index is 11.5. The first kappa shape index (κ1) is 14.4. The van der Waals surface area contributed by atoms with Gasteiger partial charge in [0.1, 0.15) is 5.60 Å². The minimum Gasteiger partial charge on any atom is -0.459 e. The molecular formula is C11H23NO3. The van der Waals surface area contributed by atoms with Gasteiger partial charge >= 0.3 is 5.97 Å². The fourth-order valence-electron chi connectivity index (χ4n) is 1.13. The number of carbonyl (C=O) groups is 1. The summed E-state index contributed by atoms with van der Waals surface area (Å²) in [5.41, 5.74) is -0.405. The predicted molar refractivity (Wildman–Crippen MR) is 59.8 cm³/mol. The molecule has 90 valence electrons. The SMILES string of the molecule is CCN(CCOC)CC(=O)OC(C)(C)C. The molecule has 0 aliphatic rings. The van der Waals surface area contributed by atoms with Crippen molar-refractivity contribution in [2.24, 2.45) is 0 Å². The molecule has 0 aliphatic carbocycles. The summed E-state index contributed by atoms with van der Waals surface area (Å²) in [4.78, 5) is 13.5. The highest BCUT2D eigenvalue weighted by Gasteiger charge is 2.17. The van der Waals surface area contributed by atoms with Gasteiger partial charge in [-0.25, -0.2) is 0 Å². The lowest BCUT2D eigenvalue weighted by molar-refractivity contribution is -0.156. The van der Waals surface area contributed by atoms with E-state index < -0.39 is 5.60 Å². The highest BCUT2D eigenvalue weighted by molar-refractivity contribution is 5.72. The van der Waals surface area contributed by atoms with Crippen molar-refractivity contribution >= 4 is 5.97 Å². The molecular weight excluding hydrogens is 194 g/mol. The molecule has 0 saturated carbocycles. The first-order valence-corrected chi connectivity index (χ1v) is 5.32. The maximum Gasteiger partial charge on any atom is 0.320 e. The number of hydrogen-bond acceptors (Lipinski definition) is 4. The van der Waals surface area contributed by atoms with Crippen LogP contribution in [-0.2, 0) is 14.3 Å².